The molecule has 1 N–H and O–H groups in total. The van der Waals surface area contributed by atoms with Gasteiger partial charge in [-0.15, -0.1) is 0 Å². The molecule has 0 spiro atoms. The van der Waals surface area contributed by atoms with Gasteiger partial charge in [-0.3, -0.25) is 9.59 Å². The molecule has 1 fully saturated rings. The van der Waals surface area contributed by atoms with Crippen LogP contribution in [0.15, 0.2) is 0 Å². The van der Waals surface area contributed by atoms with Gasteiger partial charge >= 0.3 is 11.9 Å². The molecule has 0 unspecified atom stereocenters. The summed E-state index contributed by atoms with van der Waals surface area (Å²) in [6, 6.07) is 0. The number of carbonyl (C=O) groups is 2. The van der Waals surface area contributed by atoms with Crippen molar-refractivity contribution in [3.8, 4) is 0 Å². The number of carbonyl (C=O) groups excluding carboxylic acids is 2. The SMILES string of the molecule is CCOC(=O)[C@H]1C[C@H](OC)[C@@H](O)C[C@@H]1C(=O)OCC. The summed E-state index contributed by atoms with van der Waals surface area (Å²) in [4.78, 5) is 23.8. The van der Waals surface area contributed by atoms with Crippen LogP contribution < -0.4 is 0 Å². The van der Waals surface area contributed by atoms with E-state index in [9.17, 15) is 14.7 Å². The molecule has 6 nitrogen and oxygen atoms in total. The molecule has 0 saturated heterocycles. The van der Waals surface area contributed by atoms with Crippen LogP contribution in [-0.4, -0.2) is 49.6 Å². The molecule has 0 amide bonds. The van der Waals surface area contributed by atoms with Gasteiger partial charge in [0, 0.05) is 7.11 Å². The van der Waals surface area contributed by atoms with Gasteiger partial charge in [0.2, 0.25) is 0 Å². The summed E-state index contributed by atoms with van der Waals surface area (Å²) in [5, 5.41) is 9.90. The number of methoxy groups -OCH3 is 1. The van der Waals surface area contributed by atoms with E-state index in [0.29, 0.717) is 0 Å². The van der Waals surface area contributed by atoms with E-state index in [4.69, 9.17) is 14.2 Å². The lowest BCUT2D eigenvalue weighted by molar-refractivity contribution is -0.170. The lowest BCUT2D eigenvalue weighted by atomic mass is 9.76. The first-order valence-corrected chi connectivity index (χ1v) is 6.59. The Kier molecular flexibility index (Phi) is 6.24. The van der Waals surface area contributed by atoms with E-state index >= 15 is 0 Å². The number of hydrogen-bond acceptors (Lipinski definition) is 6. The second-order valence-electron chi connectivity index (χ2n) is 4.53. The van der Waals surface area contributed by atoms with Gasteiger partial charge in [-0.1, -0.05) is 0 Å². The van der Waals surface area contributed by atoms with Gasteiger partial charge in [0.15, 0.2) is 0 Å². The molecule has 0 bridgehead atoms. The summed E-state index contributed by atoms with van der Waals surface area (Å²) in [5.74, 6) is -2.18. The lowest BCUT2D eigenvalue weighted by Crippen LogP contribution is -2.46. The van der Waals surface area contributed by atoms with Gasteiger partial charge < -0.3 is 19.3 Å². The predicted octanol–water partition coefficient (Wildman–Crippen LogP) is 0.515. The number of aliphatic hydroxyl groups is 1. The molecule has 4 atom stereocenters. The Hall–Kier alpha value is -1.14. The second-order valence-corrected chi connectivity index (χ2v) is 4.53. The summed E-state index contributed by atoms with van der Waals surface area (Å²) in [6.45, 7) is 3.91. The van der Waals surface area contributed by atoms with E-state index in [1.54, 1.807) is 13.8 Å². The lowest BCUT2D eigenvalue weighted by Gasteiger charge is -2.35. The zero-order chi connectivity index (χ0) is 14.4. The van der Waals surface area contributed by atoms with Crippen LogP contribution in [0.5, 0.6) is 0 Å². The average Bonchev–Trinajstić information content (AvgIpc) is 2.38. The molecule has 6 heteroatoms. The van der Waals surface area contributed by atoms with Crippen LogP contribution in [0.3, 0.4) is 0 Å². The summed E-state index contributed by atoms with van der Waals surface area (Å²) in [7, 11) is 1.47. The van der Waals surface area contributed by atoms with E-state index < -0.39 is 36.0 Å². The Labute approximate surface area is 113 Å². The van der Waals surface area contributed by atoms with E-state index in [2.05, 4.69) is 0 Å². The molecule has 110 valence electrons. The molecular formula is C13H22O6. The fraction of sp³-hybridized carbons (Fsp3) is 0.846. The summed E-state index contributed by atoms with van der Waals surface area (Å²) < 4.78 is 15.1. The van der Waals surface area contributed by atoms with Crippen LogP contribution in [0.4, 0.5) is 0 Å². The Morgan fingerprint density at radius 3 is 1.95 bits per heavy atom. The van der Waals surface area contributed by atoms with Gasteiger partial charge in [-0.2, -0.15) is 0 Å². The number of rotatable bonds is 5. The van der Waals surface area contributed by atoms with Crippen molar-refractivity contribution in [2.75, 3.05) is 20.3 Å². The molecule has 1 aliphatic carbocycles. The van der Waals surface area contributed by atoms with Gasteiger partial charge in [0.05, 0.1) is 37.3 Å². The quantitative estimate of drug-likeness (QED) is 0.736. The molecular weight excluding hydrogens is 252 g/mol. The fourth-order valence-corrected chi connectivity index (χ4v) is 2.42. The number of aliphatic hydroxyl groups excluding tert-OH is 1. The summed E-state index contributed by atoms with van der Waals surface area (Å²) in [5.41, 5.74) is 0. The molecule has 0 aromatic heterocycles. The van der Waals surface area contributed by atoms with Crippen molar-refractivity contribution >= 4 is 11.9 Å². The maximum atomic E-state index is 11.9. The highest BCUT2D eigenvalue weighted by Crippen LogP contribution is 2.33. The van der Waals surface area contributed by atoms with Gasteiger partial charge in [-0.25, -0.2) is 0 Å². The van der Waals surface area contributed by atoms with Crippen molar-refractivity contribution in [2.24, 2.45) is 11.8 Å². The van der Waals surface area contributed by atoms with Crippen molar-refractivity contribution < 1.29 is 28.9 Å². The minimum atomic E-state index is -0.773. The molecule has 1 rings (SSSR count). The Balaban J connectivity index is 2.83. The van der Waals surface area contributed by atoms with Crippen molar-refractivity contribution in [1.82, 2.24) is 0 Å². The maximum absolute atomic E-state index is 11.9. The summed E-state index contributed by atoms with van der Waals surface area (Å²) in [6.07, 6.45) is -0.814. The number of hydrogen-bond donors (Lipinski definition) is 1. The van der Waals surface area contributed by atoms with Crippen LogP contribution in [0.25, 0.3) is 0 Å². The van der Waals surface area contributed by atoms with Gasteiger partial charge in [0.1, 0.15) is 0 Å². The highest BCUT2D eigenvalue weighted by Gasteiger charge is 2.45. The van der Waals surface area contributed by atoms with Crippen LogP contribution in [0, 0.1) is 11.8 Å². The van der Waals surface area contributed by atoms with Gasteiger partial charge in [0.25, 0.3) is 0 Å². The molecule has 0 heterocycles. The Morgan fingerprint density at radius 1 is 1.05 bits per heavy atom. The molecule has 1 aliphatic rings. The van der Waals surface area contributed by atoms with E-state index in [1.165, 1.54) is 7.11 Å². The summed E-state index contributed by atoms with van der Waals surface area (Å²) >= 11 is 0. The van der Waals surface area contributed by atoms with E-state index in [0.717, 1.165) is 0 Å². The van der Waals surface area contributed by atoms with Crippen molar-refractivity contribution in [1.29, 1.82) is 0 Å². The molecule has 0 aliphatic heterocycles. The zero-order valence-electron chi connectivity index (χ0n) is 11.6. The highest BCUT2D eigenvalue weighted by atomic mass is 16.5. The average molecular weight is 274 g/mol. The molecule has 0 aromatic carbocycles. The Bertz CT molecular complexity index is 316. The zero-order valence-corrected chi connectivity index (χ0v) is 11.6. The number of esters is 2. The fourth-order valence-electron chi connectivity index (χ4n) is 2.42. The monoisotopic (exact) mass is 274 g/mol. The van der Waals surface area contributed by atoms with E-state index in [1.807, 2.05) is 0 Å². The van der Waals surface area contributed by atoms with Crippen molar-refractivity contribution in [3.05, 3.63) is 0 Å². The normalized spacial score (nSPS) is 30.7. The van der Waals surface area contributed by atoms with E-state index in [-0.39, 0.29) is 26.1 Å². The first kappa shape index (κ1) is 15.9. The third kappa shape index (κ3) is 3.91. The smallest absolute Gasteiger partial charge is 0.309 e. The third-order valence-electron chi connectivity index (χ3n) is 3.38. The highest BCUT2D eigenvalue weighted by molar-refractivity contribution is 5.82. The standard InChI is InChI=1S/C13H22O6/c1-4-18-12(15)8-6-10(14)11(17-3)7-9(8)13(16)19-5-2/h8-11,14H,4-7H2,1-3H3/t8-,9-,10-,11-/m0/s1. The minimum absolute atomic E-state index is 0.154. The van der Waals surface area contributed by atoms with Crippen molar-refractivity contribution in [2.45, 2.75) is 38.9 Å². The van der Waals surface area contributed by atoms with Crippen LogP contribution in [-0.2, 0) is 23.8 Å². The second kappa shape index (κ2) is 7.45. The van der Waals surface area contributed by atoms with Crippen LogP contribution >= 0.6 is 0 Å². The molecule has 0 radical (unpaired) electrons. The van der Waals surface area contributed by atoms with Crippen LogP contribution in [0.2, 0.25) is 0 Å². The van der Waals surface area contributed by atoms with Crippen molar-refractivity contribution in [3.63, 3.8) is 0 Å². The Morgan fingerprint density at radius 2 is 1.53 bits per heavy atom. The predicted molar refractivity (Wildman–Crippen MR) is 66.3 cm³/mol. The minimum Gasteiger partial charge on any atom is -0.466 e. The largest absolute Gasteiger partial charge is 0.466 e. The third-order valence-corrected chi connectivity index (χ3v) is 3.38. The number of ether oxygens (including phenoxy) is 3. The first-order valence-electron chi connectivity index (χ1n) is 6.59. The molecule has 19 heavy (non-hydrogen) atoms. The molecule has 1 saturated carbocycles. The molecule has 0 aromatic rings. The van der Waals surface area contributed by atoms with Crippen LogP contribution in [0.1, 0.15) is 26.7 Å². The maximum Gasteiger partial charge on any atom is 0.309 e. The first-order chi connectivity index (χ1) is 9.04. The topological polar surface area (TPSA) is 82.1 Å². The van der Waals surface area contributed by atoms with Gasteiger partial charge in [-0.05, 0) is 26.7 Å².